The summed E-state index contributed by atoms with van der Waals surface area (Å²) >= 11 is 5.48. The number of ether oxygens (including phenoxy) is 1. The minimum absolute atomic E-state index is 0.0331. The number of hydrogen-bond donors (Lipinski definition) is 5. The van der Waals surface area contributed by atoms with Crippen LogP contribution in [-0.4, -0.2) is 61.2 Å². The molecule has 0 radical (unpaired) electrons. The van der Waals surface area contributed by atoms with Gasteiger partial charge in [-0.2, -0.15) is 0 Å². The number of nitro groups is 1. The standard InChI is InChI=1S/C19H18O2.C17H17NO5.C11H10ClNO3.C8H5F3O2/c20-19(21)12-11-18-13-16-5-3-14(4-6-16)1-2-15-7-9-17(18)10-8-15;1-11(13-7-9-14(10-8-13)18(21)22)12(2)23-16-6-4-3-5-15(16)17(19)20;1-7-2-4-8(5-3-7)13-11(16)9(12)6-10(14)15;9-5-3-7(11)6(10)1-4(5)2-8(12)13/h1-3,5,7,9,11-13H,4,6,8,10H2,(H,20,21);3-12H,1-2H3,(H,19,20);2-6H,1H3,(H,13,16)(H,14,15);1,3H,2H2,(H,12,13). The number of amides is 1. The Morgan fingerprint density at radius 2 is 1.36 bits per heavy atom. The van der Waals surface area contributed by atoms with E-state index >= 15 is 0 Å². The largest absolute Gasteiger partial charge is 0.489 e. The van der Waals surface area contributed by atoms with Crippen molar-refractivity contribution in [1.82, 2.24) is 0 Å². The second kappa shape index (κ2) is 27.7. The number of anilines is 1. The summed E-state index contributed by atoms with van der Waals surface area (Å²) in [6, 6.07) is 20.7. The number of allylic oxidation sites excluding steroid dienone is 13. The van der Waals surface area contributed by atoms with Crippen molar-refractivity contribution in [3.05, 3.63) is 228 Å². The molecule has 14 nitrogen and oxygen atoms in total. The maximum atomic E-state index is 12.7. The average Bonchev–Trinajstić information content (AvgIpc) is 3.34. The number of nitrogens with one attached hydrogen (secondary N) is 1. The molecule has 6 aliphatic rings. The lowest BCUT2D eigenvalue weighted by molar-refractivity contribution is -0.384. The molecule has 0 fully saturated rings. The maximum absolute atomic E-state index is 12.7. The number of aryl methyl sites for hydroxylation is 1. The molecule has 0 aromatic heterocycles. The summed E-state index contributed by atoms with van der Waals surface area (Å²) in [5.41, 5.74) is 8.44. The summed E-state index contributed by atoms with van der Waals surface area (Å²) in [7, 11) is 0. The fraction of sp³-hybridized carbons (Fsp3) is 0.182. The molecule has 4 aromatic rings. The first-order chi connectivity index (χ1) is 34.6. The number of nitrogens with zero attached hydrogens (tertiary/aromatic N) is 1. The Balaban J connectivity index is 0.000000216. The van der Waals surface area contributed by atoms with Gasteiger partial charge in [0.15, 0.2) is 11.6 Å². The number of non-ortho nitro benzene ring substituents is 1. The van der Waals surface area contributed by atoms with Crippen LogP contribution in [0.3, 0.4) is 0 Å². The number of hydrogen-bond acceptors (Lipinski definition) is 8. The molecule has 0 saturated heterocycles. The minimum Gasteiger partial charge on any atom is -0.489 e. The molecule has 6 aliphatic carbocycles. The van der Waals surface area contributed by atoms with Gasteiger partial charge in [0.05, 0.1) is 11.3 Å². The van der Waals surface area contributed by atoms with Crippen molar-refractivity contribution >= 4 is 52.8 Å². The summed E-state index contributed by atoms with van der Waals surface area (Å²) in [4.78, 5) is 64.0. The maximum Gasteiger partial charge on any atom is 0.339 e. The number of carbonyl (C=O) groups is 5. The molecule has 0 heterocycles. The highest BCUT2D eigenvalue weighted by Crippen LogP contribution is 2.31. The fourth-order valence-corrected chi connectivity index (χ4v) is 7.01. The van der Waals surface area contributed by atoms with Gasteiger partial charge in [0, 0.05) is 47.5 Å². The van der Waals surface area contributed by atoms with Crippen LogP contribution in [0.1, 0.15) is 72.5 Å². The number of halogens is 4. The molecule has 2 atom stereocenters. The van der Waals surface area contributed by atoms with Gasteiger partial charge >= 0.3 is 23.9 Å². The van der Waals surface area contributed by atoms with Crippen molar-refractivity contribution in [1.29, 1.82) is 0 Å². The second-order valence-electron chi connectivity index (χ2n) is 16.4. The van der Waals surface area contributed by atoms with E-state index in [9.17, 15) is 52.4 Å². The zero-order valence-corrected chi connectivity index (χ0v) is 40.3. The summed E-state index contributed by atoms with van der Waals surface area (Å²) < 4.78 is 43.3. The first-order valence-corrected chi connectivity index (χ1v) is 22.6. The Kier molecular flexibility index (Phi) is 21.7. The quantitative estimate of drug-likeness (QED) is 0.0364. The first-order valence-electron chi connectivity index (χ1n) is 22.3. The highest BCUT2D eigenvalue weighted by atomic mass is 35.5. The predicted octanol–water partition coefficient (Wildman–Crippen LogP) is 12.2. The molecule has 0 aliphatic heterocycles. The van der Waals surface area contributed by atoms with Gasteiger partial charge in [-0.25, -0.2) is 27.6 Å². The van der Waals surface area contributed by atoms with Crippen molar-refractivity contribution in [2.75, 3.05) is 5.32 Å². The summed E-state index contributed by atoms with van der Waals surface area (Å²) in [6.45, 7) is 5.68. The number of carboxylic acids is 4. The molecule has 0 saturated carbocycles. The Bertz CT molecular complexity index is 2970. The second-order valence-corrected chi connectivity index (χ2v) is 16.8. The Labute approximate surface area is 422 Å². The Morgan fingerprint density at radius 1 is 0.767 bits per heavy atom. The van der Waals surface area contributed by atoms with Crippen LogP contribution < -0.4 is 10.1 Å². The smallest absolute Gasteiger partial charge is 0.339 e. The molecule has 10 rings (SSSR count). The van der Waals surface area contributed by atoms with E-state index in [1.54, 1.807) is 48.5 Å². The lowest BCUT2D eigenvalue weighted by Gasteiger charge is -2.22. The summed E-state index contributed by atoms with van der Waals surface area (Å²) in [6.07, 6.45) is 21.7. The van der Waals surface area contributed by atoms with E-state index in [4.69, 9.17) is 31.7 Å². The van der Waals surface area contributed by atoms with Crippen LogP contribution in [0.2, 0.25) is 0 Å². The van der Waals surface area contributed by atoms with E-state index in [2.05, 4.69) is 47.8 Å². The van der Waals surface area contributed by atoms with Gasteiger partial charge in [-0.3, -0.25) is 19.7 Å². The monoisotopic (exact) mass is 1020 g/mol. The predicted molar refractivity (Wildman–Crippen MR) is 269 cm³/mol. The number of aliphatic carboxylic acids is 3. The Morgan fingerprint density at radius 3 is 1.90 bits per heavy atom. The molecular weight excluding hydrogens is 973 g/mol. The molecule has 1 amide bonds. The molecule has 5 N–H and O–H groups in total. The van der Waals surface area contributed by atoms with Gasteiger partial charge < -0.3 is 30.5 Å². The summed E-state index contributed by atoms with van der Waals surface area (Å²) in [5, 5.41) is 47.5. The lowest BCUT2D eigenvalue weighted by Crippen LogP contribution is -2.21. The Hall–Kier alpha value is -8.57. The van der Waals surface area contributed by atoms with E-state index in [1.165, 1.54) is 46.6 Å². The van der Waals surface area contributed by atoms with E-state index in [-0.39, 0.29) is 33.9 Å². The third-order valence-corrected chi connectivity index (χ3v) is 11.3. The molecule has 18 heteroatoms. The van der Waals surface area contributed by atoms with Crippen molar-refractivity contribution < 1.29 is 67.2 Å². The topological polar surface area (TPSA) is 231 Å². The average molecular weight is 1020 g/mol. The third-order valence-electron chi connectivity index (χ3n) is 11.0. The van der Waals surface area contributed by atoms with Gasteiger partial charge in [-0.15, -0.1) is 0 Å². The number of aromatic carboxylic acids is 1. The van der Waals surface area contributed by atoms with Gasteiger partial charge in [0.2, 0.25) is 0 Å². The van der Waals surface area contributed by atoms with Crippen LogP contribution in [0.4, 0.5) is 24.5 Å². The lowest BCUT2D eigenvalue weighted by atomic mass is 9.89. The zero-order valence-electron chi connectivity index (χ0n) is 39.6. The number of rotatable bonds is 13. The molecule has 4 aromatic carbocycles. The number of nitro benzene ring substituents is 1. The highest BCUT2D eigenvalue weighted by molar-refractivity contribution is 6.44. The molecule has 0 spiro atoms. The van der Waals surface area contributed by atoms with Crippen molar-refractivity contribution in [3.63, 3.8) is 0 Å². The normalized spacial score (nSPS) is 14.4. The molecule has 380 valence electrons. The molecule has 73 heavy (non-hydrogen) atoms. The van der Waals surface area contributed by atoms with Crippen LogP contribution in [0.25, 0.3) is 0 Å². The molecular formula is C55H50ClF3N2O12. The van der Waals surface area contributed by atoms with Crippen molar-refractivity contribution in [3.8, 4) is 5.75 Å². The third kappa shape index (κ3) is 18.9. The number of para-hydroxylation sites is 1. The summed E-state index contributed by atoms with van der Waals surface area (Å²) in [5.74, 6) is -8.54. The van der Waals surface area contributed by atoms with E-state index < -0.39 is 58.6 Å². The van der Waals surface area contributed by atoms with E-state index in [0.717, 1.165) is 42.4 Å². The minimum atomic E-state index is -1.33. The van der Waals surface area contributed by atoms with Crippen molar-refractivity contribution in [2.24, 2.45) is 0 Å². The number of carbonyl (C=O) groups excluding carboxylic acids is 1. The molecule has 4 bridgehead atoms. The number of benzene rings is 4. The van der Waals surface area contributed by atoms with Gasteiger partial charge in [0.1, 0.15) is 28.3 Å². The van der Waals surface area contributed by atoms with Crippen LogP contribution in [0, 0.1) is 34.5 Å². The van der Waals surface area contributed by atoms with Gasteiger partial charge in [-0.05, 0) is 109 Å². The molecule has 2 unspecified atom stereocenters. The van der Waals surface area contributed by atoms with Crippen LogP contribution in [0.5, 0.6) is 5.75 Å². The first kappa shape index (κ1) is 57.0. The van der Waals surface area contributed by atoms with Gasteiger partial charge in [-0.1, -0.05) is 103 Å². The number of carboxylic acid groups (broad SMARTS) is 4. The van der Waals surface area contributed by atoms with Crippen LogP contribution in [-0.2, 0) is 25.6 Å². The van der Waals surface area contributed by atoms with Crippen molar-refractivity contribution in [2.45, 2.75) is 64.9 Å². The van der Waals surface area contributed by atoms with Gasteiger partial charge in [0.25, 0.3) is 11.6 Å². The fourth-order valence-electron chi connectivity index (χ4n) is 6.87. The van der Waals surface area contributed by atoms with Crippen LogP contribution >= 0.6 is 11.6 Å². The van der Waals surface area contributed by atoms with Crippen LogP contribution in [0.15, 0.2) is 179 Å². The highest BCUT2D eigenvalue weighted by Gasteiger charge is 2.20. The van der Waals surface area contributed by atoms with E-state index in [0.29, 0.717) is 29.6 Å². The zero-order chi connectivity index (χ0) is 53.8. The van der Waals surface area contributed by atoms with E-state index in [1.807, 2.05) is 32.9 Å². The SMILES string of the molecule is CC(Oc1ccccc1C(=O)O)C(C)c1ccc([N+](=O)[O-])cc1.Cc1ccc(NC(=O)C(Cl)=CC(=O)O)cc1.O=C(O)C=CC1=C2C=CC(=CC=C3C=CC(=C1)CC3)CC2.O=C(O)Cc1cc(F)c(F)cc1F.